The molecule has 92 valence electrons. The molecule has 1 N–H and O–H groups in total. The molecular weight excluding hydrogens is 220 g/mol. The summed E-state index contributed by atoms with van der Waals surface area (Å²) in [5, 5.41) is 9.13. The molecular formula is C12H16N2O3. The summed E-state index contributed by atoms with van der Waals surface area (Å²) in [5.74, 6) is -0.915. The van der Waals surface area contributed by atoms with Gasteiger partial charge in [0.2, 0.25) is 0 Å². The number of aromatic carboxylic acids is 1. The standard InChI is InChI=1S/C12H16N2O3/c1-14(9-3-6-17-7-4-9)11-8-13-5-2-10(11)12(15)16/h2,5,8-9H,3-4,6-7H2,1H3,(H,15,16). The average molecular weight is 236 g/mol. The molecule has 1 aliphatic heterocycles. The van der Waals surface area contributed by atoms with Gasteiger partial charge < -0.3 is 14.7 Å². The maximum atomic E-state index is 11.1. The van der Waals surface area contributed by atoms with E-state index in [1.54, 1.807) is 6.20 Å². The van der Waals surface area contributed by atoms with Crippen molar-refractivity contribution >= 4 is 11.7 Å². The van der Waals surface area contributed by atoms with Gasteiger partial charge in [-0.1, -0.05) is 0 Å². The van der Waals surface area contributed by atoms with Crippen molar-refractivity contribution in [3.63, 3.8) is 0 Å². The van der Waals surface area contributed by atoms with Gasteiger partial charge in [-0.2, -0.15) is 0 Å². The third-order valence-electron chi connectivity index (χ3n) is 3.15. The lowest BCUT2D eigenvalue weighted by Crippen LogP contribution is -2.37. The summed E-state index contributed by atoms with van der Waals surface area (Å²) in [5.41, 5.74) is 0.973. The van der Waals surface area contributed by atoms with Crippen LogP contribution in [0.15, 0.2) is 18.5 Å². The molecule has 2 heterocycles. The summed E-state index contributed by atoms with van der Waals surface area (Å²) < 4.78 is 5.30. The lowest BCUT2D eigenvalue weighted by atomic mass is 10.1. The molecule has 5 nitrogen and oxygen atoms in total. The number of ether oxygens (including phenoxy) is 1. The molecule has 1 fully saturated rings. The van der Waals surface area contributed by atoms with Gasteiger partial charge in [0, 0.05) is 32.5 Å². The van der Waals surface area contributed by atoms with E-state index in [2.05, 4.69) is 4.98 Å². The third kappa shape index (κ3) is 2.55. The van der Waals surface area contributed by atoms with Crippen LogP contribution in [0.3, 0.4) is 0 Å². The van der Waals surface area contributed by atoms with Gasteiger partial charge in [-0.25, -0.2) is 4.79 Å². The number of hydrogen-bond donors (Lipinski definition) is 1. The van der Waals surface area contributed by atoms with Crippen LogP contribution < -0.4 is 4.90 Å². The molecule has 1 aromatic rings. The molecule has 0 aromatic carbocycles. The second-order valence-corrected chi connectivity index (χ2v) is 4.15. The molecule has 0 amide bonds. The molecule has 1 saturated heterocycles. The van der Waals surface area contributed by atoms with E-state index in [1.165, 1.54) is 12.3 Å². The van der Waals surface area contributed by atoms with E-state index in [1.807, 2.05) is 11.9 Å². The Hall–Kier alpha value is -1.62. The second-order valence-electron chi connectivity index (χ2n) is 4.15. The first-order chi connectivity index (χ1) is 8.20. The first kappa shape index (κ1) is 11.9. The number of carboxylic acid groups (broad SMARTS) is 1. The minimum absolute atomic E-state index is 0.300. The topological polar surface area (TPSA) is 62.7 Å². The Bertz CT molecular complexity index is 402. The van der Waals surface area contributed by atoms with Crippen LogP contribution in [0.2, 0.25) is 0 Å². The minimum Gasteiger partial charge on any atom is -0.478 e. The number of nitrogens with zero attached hydrogens (tertiary/aromatic N) is 2. The zero-order valence-electron chi connectivity index (χ0n) is 9.80. The molecule has 0 spiro atoms. The van der Waals surface area contributed by atoms with Crippen LogP contribution >= 0.6 is 0 Å². The quantitative estimate of drug-likeness (QED) is 0.859. The number of pyridine rings is 1. The van der Waals surface area contributed by atoms with Crippen molar-refractivity contribution in [2.24, 2.45) is 0 Å². The SMILES string of the molecule is CN(c1cnccc1C(=O)O)C1CCOCC1. The minimum atomic E-state index is -0.915. The summed E-state index contributed by atoms with van der Waals surface area (Å²) in [6.07, 6.45) is 4.96. The average Bonchev–Trinajstić information content (AvgIpc) is 2.39. The van der Waals surface area contributed by atoms with Gasteiger partial charge in [0.15, 0.2) is 0 Å². The monoisotopic (exact) mass is 236 g/mol. The Morgan fingerprint density at radius 3 is 2.88 bits per heavy atom. The number of aromatic nitrogens is 1. The molecule has 1 aliphatic rings. The fraction of sp³-hybridized carbons (Fsp3) is 0.500. The van der Waals surface area contributed by atoms with E-state index in [4.69, 9.17) is 9.84 Å². The largest absolute Gasteiger partial charge is 0.478 e. The Morgan fingerprint density at radius 1 is 1.53 bits per heavy atom. The van der Waals surface area contributed by atoms with E-state index >= 15 is 0 Å². The van der Waals surface area contributed by atoms with E-state index in [9.17, 15) is 4.79 Å². The van der Waals surface area contributed by atoms with Crippen molar-refractivity contribution in [1.29, 1.82) is 0 Å². The van der Waals surface area contributed by atoms with Gasteiger partial charge in [0.1, 0.15) is 0 Å². The van der Waals surface area contributed by atoms with E-state index in [-0.39, 0.29) is 0 Å². The van der Waals surface area contributed by atoms with Crippen LogP contribution in [0.5, 0.6) is 0 Å². The Balaban J connectivity index is 2.23. The fourth-order valence-corrected chi connectivity index (χ4v) is 2.12. The van der Waals surface area contributed by atoms with E-state index in [0.717, 1.165) is 26.1 Å². The molecule has 0 saturated carbocycles. The van der Waals surface area contributed by atoms with Gasteiger partial charge in [-0.05, 0) is 18.9 Å². The van der Waals surface area contributed by atoms with E-state index in [0.29, 0.717) is 17.3 Å². The zero-order chi connectivity index (χ0) is 12.3. The highest BCUT2D eigenvalue weighted by Crippen LogP contribution is 2.23. The summed E-state index contributed by atoms with van der Waals surface area (Å²) in [6, 6.07) is 1.86. The Morgan fingerprint density at radius 2 is 2.24 bits per heavy atom. The molecule has 0 unspecified atom stereocenters. The van der Waals surface area contributed by atoms with Crippen LogP contribution in [0.1, 0.15) is 23.2 Å². The summed E-state index contributed by atoms with van der Waals surface area (Å²) >= 11 is 0. The van der Waals surface area contributed by atoms with Crippen LogP contribution in [-0.4, -0.2) is 42.4 Å². The lowest BCUT2D eigenvalue weighted by Gasteiger charge is -2.33. The molecule has 2 rings (SSSR count). The van der Waals surface area contributed by atoms with Crippen LogP contribution in [0.25, 0.3) is 0 Å². The van der Waals surface area contributed by atoms with Gasteiger partial charge in [0.05, 0.1) is 17.4 Å². The van der Waals surface area contributed by atoms with E-state index < -0.39 is 5.97 Å². The van der Waals surface area contributed by atoms with Crippen LogP contribution in [0.4, 0.5) is 5.69 Å². The second kappa shape index (κ2) is 5.14. The third-order valence-corrected chi connectivity index (χ3v) is 3.15. The maximum Gasteiger partial charge on any atom is 0.337 e. The highest BCUT2D eigenvalue weighted by atomic mass is 16.5. The molecule has 0 radical (unpaired) electrons. The number of rotatable bonds is 3. The van der Waals surface area contributed by atoms with Gasteiger partial charge >= 0.3 is 5.97 Å². The first-order valence-corrected chi connectivity index (χ1v) is 5.68. The summed E-state index contributed by atoms with van der Waals surface area (Å²) in [7, 11) is 1.92. The molecule has 0 bridgehead atoms. The zero-order valence-corrected chi connectivity index (χ0v) is 9.80. The van der Waals surface area contributed by atoms with Crippen LogP contribution in [-0.2, 0) is 4.74 Å². The van der Waals surface area contributed by atoms with Gasteiger partial charge in [0.25, 0.3) is 0 Å². The molecule has 17 heavy (non-hydrogen) atoms. The maximum absolute atomic E-state index is 11.1. The van der Waals surface area contributed by atoms with Crippen molar-refractivity contribution in [3.8, 4) is 0 Å². The smallest absolute Gasteiger partial charge is 0.337 e. The highest BCUT2D eigenvalue weighted by molar-refractivity contribution is 5.94. The van der Waals surface area contributed by atoms with Crippen LogP contribution in [0, 0.1) is 0 Å². The predicted octanol–water partition coefficient (Wildman–Crippen LogP) is 1.39. The van der Waals surface area contributed by atoms with Gasteiger partial charge in [-0.3, -0.25) is 4.98 Å². The van der Waals surface area contributed by atoms with Crippen molar-refractivity contribution in [1.82, 2.24) is 4.98 Å². The number of carbonyl (C=O) groups is 1. The summed E-state index contributed by atoms with van der Waals surface area (Å²) in [6.45, 7) is 1.47. The fourth-order valence-electron chi connectivity index (χ4n) is 2.12. The van der Waals surface area contributed by atoms with Crippen molar-refractivity contribution in [3.05, 3.63) is 24.0 Å². The predicted molar refractivity (Wildman–Crippen MR) is 63.4 cm³/mol. The summed E-state index contributed by atoms with van der Waals surface area (Å²) in [4.78, 5) is 17.1. The molecule has 0 aliphatic carbocycles. The first-order valence-electron chi connectivity index (χ1n) is 5.68. The Labute approximate surface area is 100 Å². The number of anilines is 1. The number of hydrogen-bond acceptors (Lipinski definition) is 4. The number of carboxylic acids is 1. The molecule has 5 heteroatoms. The van der Waals surface area contributed by atoms with Crippen molar-refractivity contribution in [2.45, 2.75) is 18.9 Å². The Kier molecular flexibility index (Phi) is 3.58. The lowest BCUT2D eigenvalue weighted by molar-refractivity contribution is 0.0696. The van der Waals surface area contributed by atoms with Gasteiger partial charge in [-0.15, -0.1) is 0 Å². The normalized spacial score (nSPS) is 16.8. The van der Waals surface area contributed by atoms with Crippen molar-refractivity contribution < 1.29 is 14.6 Å². The molecule has 1 aromatic heterocycles. The molecule has 0 atom stereocenters. The van der Waals surface area contributed by atoms with Crippen molar-refractivity contribution in [2.75, 3.05) is 25.2 Å². The highest BCUT2D eigenvalue weighted by Gasteiger charge is 2.22.